The maximum atomic E-state index is 11.0. The number of amides is 1. The zero-order valence-electron chi connectivity index (χ0n) is 10.6. The van der Waals surface area contributed by atoms with E-state index in [9.17, 15) is 4.79 Å². The minimum absolute atomic E-state index is 0.181. The minimum atomic E-state index is 0.181. The van der Waals surface area contributed by atoms with Gasteiger partial charge in [0.25, 0.3) is 0 Å². The normalized spacial score (nSPS) is 9.85. The van der Waals surface area contributed by atoms with E-state index in [4.69, 9.17) is 0 Å². The molecule has 0 heterocycles. The van der Waals surface area contributed by atoms with Crippen molar-refractivity contribution in [1.29, 1.82) is 0 Å². The third-order valence-corrected chi connectivity index (χ3v) is 1.47. The third-order valence-electron chi connectivity index (χ3n) is 1.47. The molecule has 2 heteroatoms. The Morgan fingerprint density at radius 3 is 1.54 bits per heavy atom. The van der Waals surface area contributed by atoms with Crippen LogP contribution in [0.5, 0.6) is 0 Å². The highest BCUT2D eigenvalue weighted by molar-refractivity contribution is 5.77. The van der Waals surface area contributed by atoms with Crippen molar-refractivity contribution in [2.75, 3.05) is 14.1 Å². The molecular weight excluding hydrogens is 162 g/mol. The first-order chi connectivity index (χ1) is 6.09. The monoisotopic (exact) mass is 189 g/mol. The minimum Gasteiger partial charge on any atom is -0.349 e. The highest BCUT2D eigenvalue weighted by atomic mass is 16.2. The molecule has 0 N–H and O–H groups in total. The Labute approximate surface area is 84.3 Å². The summed E-state index contributed by atoms with van der Waals surface area (Å²) in [7, 11) is 3.57. The zero-order chi connectivity index (χ0) is 11.4. The molecule has 0 radical (unpaired) electrons. The zero-order valence-corrected chi connectivity index (χ0v) is 10.6. The summed E-state index contributed by atoms with van der Waals surface area (Å²) >= 11 is 0. The van der Waals surface area contributed by atoms with Crippen LogP contribution in [0.3, 0.4) is 0 Å². The van der Waals surface area contributed by atoms with Crippen molar-refractivity contribution < 1.29 is 4.79 Å². The first-order valence-electron chi connectivity index (χ1n) is 5.30. The van der Waals surface area contributed by atoms with Crippen LogP contribution in [0, 0.1) is 5.92 Å². The number of hydrogen-bond donors (Lipinski definition) is 0. The van der Waals surface area contributed by atoms with Gasteiger partial charge in [0.05, 0.1) is 0 Å². The lowest BCUT2D eigenvalue weighted by Crippen LogP contribution is -2.27. The molecule has 0 aliphatic rings. The van der Waals surface area contributed by atoms with E-state index in [2.05, 4.69) is 0 Å². The Bertz CT molecular complexity index is 100. The highest BCUT2D eigenvalue weighted by Crippen LogP contribution is 2.02. The topological polar surface area (TPSA) is 20.3 Å². The van der Waals surface area contributed by atoms with Gasteiger partial charge in [0, 0.05) is 20.0 Å². The Kier molecular flexibility index (Phi) is 19.7. The molecule has 0 aromatic rings. The van der Waals surface area contributed by atoms with Crippen LogP contribution in [0.15, 0.2) is 0 Å². The maximum absolute atomic E-state index is 11.0. The van der Waals surface area contributed by atoms with Crippen molar-refractivity contribution in [1.82, 2.24) is 4.90 Å². The first kappa shape index (κ1) is 18.3. The van der Waals surface area contributed by atoms with Crippen molar-refractivity contribution in [3.8, 4) is 0 Å². The van der Waals surface area contributed by atoms with E-state index in [0.29, 0.717) is 0 Å². The van der Waals surface area contributed by atoms with E-state index in [1.807, 2.05) is 41.5 Å². The summed E-state index contributed by atoms with van der Waals surface area (Å²) in [6.45, 7) is 12.0. The molecule has 82 valence electrons. The van der Waals surface area contributed by atoms with E-state index in [1.54, 1.807) is 19.0 Å². The molecule has 1 unspecified atom stereocenters. The van der Waals surface area contributed by atoms with E-state index in [0.717, 1.165) is 6.42 Å². The third kappa shape index (κ3) is 11.5. The molecule has 0 aliphatic carbocycles. The van der Waals surface area contributed by atoms with Gasteiger partial charge in [-0.2, -0.15) is 0 Å². The lowest BCUT2D eigenvalue weighted by molar-refractivity contribution is -0.132. The lowest BCUT2D eigenvalue weighted by atomic mass is 10.1. The van der Waals surface area contributed by atoms with Crippen LogP contribution in [-0.4, -0.2) is 24.9 Å². The van der Waals surface area contributed by atoms with Crippen LogP contribution >= 0.6 is 0 Å². The van der Waals surface area contributed by atoms with Crippen LogP contribution in [-0.2, 0) is 4.79 Å². The summed E-state index contributed by atoms with van der Waals surface area (Å²) in [5, 5.41) is 0. The molecule has 0 rings (SSSR count). The average Bonchev–Trinajstić information content (AvgIpc) is 2.21. The fraction of sp³-hybridized carbons (Fsp3) is 0.909. The van der Waals surface area contributed by atoms with Gasteiger partial charge in [-0.25, -0.2) is 0 Å². The quantitative estimate of drug-likeness (QED) is 0.653. The van der Waals surface area contributed by atoms with Gasteiger partial charge in [-0.15, -0.1) is 0 Å². The summed E-state index contributed by atoms with van der Waals surface area (Å²) in [5.74, 6) is 0.400. The van der Waals surface area contributed by atoms with E-state index < -0.39 is 0 Å². The summed E-state index contributed by atoms with van der Waals surface area (Å²) in [4.78, 5) is 12.6. The van der Waals surface area contributed by atoms with Gasteiger partial charge in [-0.3, -0.25) is 4.79 Å². The van der Waals surface area contributed by atoms with Crippen molar-refractivity contribution in [3.05, 3.63) is 0 Å². The molecule has 0 aliphatic heterocycles. The highest BCUT2D eigenvalue weighted by Gasteiger charge is 2.10. The second kappa shape index (κ2) is 14.0. The molecular formula is C11H27NO. The van der Waals surface area contributed by atoms with Gasteiger partial charge in [-0.05, 0) is 6.42 Å². The van der Waals surface area contributed by atoms with Crippen molar-refractivity contribution in [2.45, 2.75) is 48.0 Å². The summed E-state index contributed by atoms with van der Waals surface area (Å²) in [5.41, 5.74) is 0. The number of carbonyl (C=O) groups is 1. The Morgan fingerprint density at radius 1 is 1.15 bits per heavy atom. The molecule has 2 nitrogen and oxygen atoms in total. The van der Waals surface area contributed by atoms with Crippen LogP contribution in [0.25, 0.3) is 0 Å². The Hall–Kier alpha value is -0.530. The number of hydrogen-bond acceptors (Lipinski definition) is 1. The van der Waals surface area contributed by atoms with E-state index in [1.165, 1.54) is 0 Å². The number of carbonyl (C=O) groups excluding carboxylic acids is 1. The number of nitrogens with zero attached hydrogens (tertiary/aromatic N) is 1. The van der Waals surface area contributed by atoms with Crippen molar-refractivity contribution in [2.24, 2.45) is 5.92 Å². The Morgan fingerprint density at radius 2 is 1.46 bits per heavy atom. The molecule has 1 atom stereocenters. The van der Waals surface area contributed by atoms with E-state index >= 15 is 0 Å². The standard InChI is InChI=1S/C7H15NO.2C2H6/c1-5-6(2)7(9)8(3)4;2*1-2/h6H,5H2,1-4H3;2*1-2H3. The molecule has 0 aromatic carbocycles. The SMILES string of the molecule is CC.CC.CCC(C)C(=O)N(C)C. The molecule has 0 saturated carbocycles. The van der Waals surface area contributed by atoms with Crippen LogP contribution in [0.4, 0.5) is 0 Å². The summed E-state index contributed by atoms with van der Waals surface area (Å²) in [6, 6.07) is 0. The Balaban J connectivity index is -0.000000218. The summed E-state index contributed by atoms with van der Waals surface area (Å²) in [6.07, 6.45) is 0.928. The van der Waals surface area contributed by atoms with Crippen molar-refractivity contribution in [3.63, 3.8) is 0 Å². The van der Waals surface area contributed by atoms with Crippen molar-refractivity contribution >= 4 is 5.91 Å². The molecule has 0 bridgehead atoms. The molecule has 0 fully saturated rings. The fourth-order valence-electron chi connectivity index (χ4n) is 0.615. The van der Waals surface area contributed by atoms with Gasteiger partial charge < -0.3 is 4.90 Å². The fourth-order valence-corrected chi connectivity index (χ4v) is 0.615. The van der Waals surface area contributed by atoms with Gasteiger partial charge in [-0.1, -0.05) is 41.5 Å². The van der Waals surface area contributed by atoms with Crippen LogP contribution in [0.1, 0.15) is 48.0 Å². The van der Waals surface area contributed by atoms with Gasteiger partial charge >= 0.3 is 0 Å². The average molecular weight is 189 g/mol. The first-order valence-corrected chi connectivity index (χ1v) is 5.30. The predicted molar refractivity (Wildman–Crippen MR) is 60.8 cm³/mol. The second-order valence-corrected chi connectivity index (χ2v) is 2.54. The van der Waals surface area contributed by atoms with Crippen LogP contribution in [0.2, 0.25) is 0 Å². The largest absolute Gasteiger partial charge is 0.349 e. The van der Waals surface area contributed by atoms with E-state index in [-0.39, 0.29) is 11.8 Å². The maximum Gasteiger partial charge on any atom is 0.224 e. The second-order valence-electron chi connectivity index (χ2n) is 2.54. The lowest BCUT2D eigenvalue weighted by Gasteiger charge is -2.14. The molecule has 1 amide bonds. The molecule has 0 saturated heterocycles. The summed E-state index contributed by atoms with van der Waals surface area (Å²) < 4.78 is 0. The number of rotatable bonds is 2. The van der Waals surface area contributed by atoms with Gasteiger partial charge in [0.1, 0.15) is 0 Å². The predicted octanol–water partition coefficient (Wildman–Crippen LogP) is 3.17. The molecule has 0 aromatic heterocycles. The smallest absolute Gasteiger partial charge is 0.224 e. The molecule has 0 spiro atoms. The molecule has 13 heavy (non-hydrogen) atoms. The van der Waals surface area contributed by atoms with Crippen LogP contribution < -0.4 is 0 Å². The van der Waals surface area contributed by atoms with Gasteiger partial charge in [0.15, 0.2) is 0 Å². The van der Waals surface area contributed by atoms with Gasteiger partial charge in [0.2, 0.25) is 5.91 Å².